The standard InChI is InChI=1S/C20H19N3O2S/c1-13-7-9-14(10-8-13)23-19(24)11-16(20(23)25)22(2)12-18-21-15-5-3-4-6-17(15)26-18/h3-10,16H,11-12H2,1-2H3/t16-/m0/s1. The second kappa shape index (κ2) is 6.63. The van der Waals surface area contributed by atoms with Crippen LogP contribution in [0.15, 0.2) is 48.5 Å². The number of thiazole rings is 1. The molecule has 0 spiro atoms. The van der Waals surface area contributed by atoms with E-state index in [1.54, 1.807) is 11.3 Å². The van der Waals surface area contributed by atoms with Gasteiger partial charge in [-0.2, -0.15) is 0 Å². The highest BCUT2D eigenvalue weighted by molar-refractivity contribution is 7.18. The number of carbonyl (C=O) groups excluding carboxylic acids is 2. The highest BCUT2D eigenvalue weighted by atomic mass is 32.1. The molecule has 3 aromatic rings. The topological polar surface area (TPSA) is 53.5 Å². The van der Waals surface area contributed by atoms with Gasteiger partial charge in [-0.3, -0.25) is 14.5 Å². The van der Waals surface area contributed by atoms with Crippen molar-refractivity contribution in [3.05, 3.63) is 59.1 Å². The van der Waals surface area contributed by atoms with Gasteiger partial charge in [0.25, 0.3) is 5.91 Å². The van der Waals surface area contributed by atoms with Crippen LogP contribution in [0, 0.1) is 6.92 Å². The summed E-state index contributed by atoms with van der Waals surface area (Å²) >= 11 is 1.62. The predicted octanol–water partition coefficient (Wildman–Crippen LogP) is 3.37. The Hall–Kier alpha value is -2.57. The Kier molecular flexibility index (Phi) is 4.30. The van der Waals surface area contributed by atoms with Crippen molar-refractivity contribution in [2.45, 2.75) is 25.9 Å². The number of carbonyl (C=O) groups is 2. The van der Waals surface area contributed by atoms with Gasteiger partial charge in [0.2, 0.25) is 5.91 Å². The first-order valence-electron chi connectivity index (χ1n) is 8.51. The molecule has 2 amide bonds. The normalized spacial score (nSPS) is 17.7. The summed E-state index contributed by atoms with van der Waals surface area (Å²) in [5, 5.41) is 0.947. The van der Waals surface area contributed by atoms with E-state index in [2.05, 4.69) is 4.98 Å². The number of aromatic nitrogens is 1. The van der Waals surface area contributed by atoms with Crippen LogP contribution in [0.3, 0.4) is 0 Å². The van der Waals surface area contributed by atoms with Crippen LogP contribution in [0.25, 0.3) is 10.2 Å². The molecule has 1 aromatic heterocycles. The Morgan fingerprint density at radius 3 is 2.62 bits per heavy atom. The monoisotopic (exact) mass is 365 g/mol. The zero-order valence-corrected chi connectivity index (χ0v) is 15.5. The summed E-state index contributed by atoms with van der Waals surface area (Å²) in [5.74, 6) is -0.317. The fourth-order valence-corrected chi connectivity index (χ4v) is 4.27. The lowest BCUT2D eigenvalue weighted by Gasteiger charge is -2.21. The van der Waals surface area contributed by atoms with Crippen LogP contribution in [-0.2, 0) is 16.1 Å². The van der Waals surface area contributed by atoms with Crippen LogP contribution < -0.4 is 4.90 Å². The van der Waals surface area contributed by atoms with E-state index in [9.17, 15) is 9.59 Å². The Balaban J connectivity index is 1.53. The summed E-state index contributed by atoms with van der Waals surface area (Å²) < 4.78 is 1.13. The lowest BCUT2D eigenvalue weighted by atomic mass is 10.2. The maximum absolute atomic E-state index is 12.9. The minimum Gasteiger partial charge on any atom is -0.288 e. The lowest BCUT2D eigenvalue weighted by molar-refractivity contribution is -0.122. The maximum Gasteiger partial charge on any atom is 0.251 e. The van der Waals surface area contributed by atoms with Gasteiger partial charge in [0, 0.05) is 0 Å². The third-order valence-corrected chi connectivity index (χ3v) is 5.69. The molecule has 26 heavy (non-hydrogen) atoms. The van der Waals surface area contributed by atoms with Gasteiger partial charge in [-0.15, -0.1) is 11.3 Å². The van der Waals surface area contributed by atoms with Crippen LogP contribution >= 0.6 is 11.3 Å². The minimum atomic E-state index is -0.448. The van der Waals surface area contributed by atoms with Crippen molar-refractivity contribution in [3.8, 4) is 0 Å². The molecule has 0 aliphatic carbocycles. The summed E-state index contributed by atoms with van der Waals surface area (Å²) in [4.78, 5) is 33.1. The maximum atomic E-state index is 12.9. The van der Waals surface area contributed by atoms with Crippen molar-refractivity contribution in [2.75, 3.05) is 11.9 Å². The molecule has 1 saturated heterocycles. The minimum absolute atomic E-state index is 0.153. The molecule has 1 fully saturated rings. The first kappa shape index (κ1) is 16.9. The molecule has 0 unspecified atom stereocenters. The summed E-state index contributed by atoms with van der Waals surface area (Å²) in [6.45, 7) is 2.52. The van der Waals surface area contributed by atoms with Gasteiger partial charge in [0.1, 0.15) is 5.01 Å². The number of fused-ring (bicyclic) bond motifs is 1. The van der Waals surface area contributed by atoms with Crippen LogP contribution in [0.4, 0.5) is 5.69 Å². The van der Waals surface area contributed by atoms with E-state index < -0.39 is 6.04 Å². The summed E-state index contributed by atoms with van der Waals surface area (Å²) in [6.07, 6.45) is 0.202. The van der Waals surface area contributed by atoms with Crippen molar-refractivity contribution in [1.82, 2.24) is 9.88 Å². The quantitative estimate of drug-likeness (QED) is 0.665. The lowest BCUT2D eigenvalue weighted by Crippen LogP contribution is -2.39. The van der Waals surface area contributed by atoms with Crippen LogP contribution in [0.5, 0.6) is 0 Å². The molecule has 0 bridgehead atoms. The van der Waals surface area contributed by atoms with Gasteiger partial charge < -0.3 is 0 Å². The van der Waals surface area contributed by atoms with E-state index in [1.807, 2.05) is 67.4 Å². The average Bonchev–Trinajstić information content (AvgIpc) is 3.16. The summed E-state index contributed by atoms with van der Waals surface area (Å²) in [6, 6.07) is 15.0. The van der Waals surface area contributed by atoms with Crippen molar-refractivity contribution in [1.29, 1.82) is 0 Å². The van der Waals surface area contributed by atoms with Gasteiger partial charge in [0.15, 0.2) is 0 Å². The number of likely N-dealkylation sites (N-methyl/N-ethyl adjacent to an activating group) is 1. The van der Waals surface area contributed by atoms with E-state index in [0.29, 0.717) is 12.2 Å². The molecule has 0 N–H and O–H groups in total. The highest BCUT2D eigenvalue weighted by Crippen LogP contribution is 2.28. The second-order valence-corrected chi connectivity index (χ2v) is 7.73. The first-order chi connectivity index (χ1) is 12.5. The SMILES string of the molecule is Cc1ccc(N2C(=O)C[C@H](N(C)Cc3nc4ccccc4s3)C2=O)cc1. The number of rotatable bonds is 4. The van der Waals surface area contributed by atoms with Crippen LogP contribution in [0.2, 0.25) is 0 Å². The third kappa shape index (κ3) is 3.02. The fraction of sp³-hybridized carbons (Fsp3) is 0.250. The second-order valence-electron chi connectivity index (χ2n) is 6.61. The number of para-hydroxylation sites is 1. The molecule has 1 aliphatic heterocycles. The van der Waals surface area contributed by atoms with Gasteiger partial charge >= 0.3 is 0 Å². The van der Waals surface area contributed by atoms with Gasteiger partial charge in [-0.1, -0.05) is 29.8 Å². The molecule has 4 rings (SSSR count). The largest absolute Gasteiger partial charge is 0.288 e. The van der Waals surface area contributed by atoms with E-state index in [-0.39, 0.29) is 18.2 Å². The van der Waals surface area contributed by atoms with Gasteiger partial charge in [-0.05, 0) is 38.2 Å². The Bertz CT molecular complexity index is 947. The highest BCUT2D eigenvalue weighted by Gasteiger charge is 2.41. The van der Waals surface area contributed by atoms with Crippen molar-refractivity contribution >= 4 is 39.1 Å². The molecule has 0 saturated carbocycles. The average molecular weight is 365 g/mol. The van der Waals surface area contributed by atoms with Crippen LogP contribution in [0.1, 0.15) is 17.0 Å². The van der Waals surface area contributed by atoms with Gasteiger partial charge in [0.05, 0.1) is 34.9 Å². The molecule has 2 heterocycles. The van der Waals surface area contributed by atoms with Crippen molar-refractivity contribution in [3.63, 3.8) is 0 Å². The van der Waals surface area contributed by atoms with E-state index in [4.69, 9.17) is 0 Å². The molecular weight excluding hydrogens is 346 g/mol. The molecule has 1 aliphatic rings. The first-order valence-corrected chi connectivity index (χ1v) is 9.33. The third-order valence-electron chi connectivity index (χ3n) is 4.67. The zero-order chi connectivity index (χ0) is 18.3. The van der Waals surface area contributed by atoms with Crippen LogP contribution in [-0.4, -0.2) is 34.8 Å². The number of hydrogen-bond donors (Lipinski definition) is 0. The molecule has 132 valence electrons. The number of anilines is 1. The number of nitrogens with zero attached hydrogens (tertiary/aromatic N) is 3. The fourth-order valence-electron chi connectivity index (χ4n) is 3.24. The smallest absolute Gasteiger partial charge is 0.251 e. The van der Waals surface area contributed by atoms with E-state index in [0.717, 1.165) is 20.8 Å². The Morgan fingerprint density at radius 1 is 1.15 bits per heavy atom. The number of benzene rings is 2. The van der Waals surface area contributed by atoms with Gasteiger partial charge in [-0.25, -0.2) is 9.88 Å². The number of aryl methyl sites for hydroxylation is 1. The molecule has 0 radical (unpaired) electrons. The number of amides is 2. The van der Waals surface area contributed by atoms with Crippen molar-refractivity contribution in [2.24, 2.45) is 0 Å². The number of hydrogen-bond acceptors (Lipinski definition) is 5. The molecule has 1 atom stereocenters. The van der Waals surface area contributed by atoms with E-state index in [1.165, 1.54) is 4.90 Å². The Labute approximate surface area is 155 Å². The molecular formula is C20H19N3O2S. The predicted molar refractivity (Wildman–Crippen MR) is 103 cm³/mol. The van der Waals surface area contributed by atoms with E-state index >= 15 is 0 Å². The molecule has 6 heteroatoms. The molecule has 2 aromatic carbocycles. The summed E-state index contributed by atoms with van der Waals surface area (Å²) in [7, 11) is 1.88. The Morgan fingerprint density at radius 2 is 1.88 bits per heavy atom. The zero-order valence-electron chi connectivity index (χ0n) is 14.7. The van der Waals surface area contributed by atoms with Crippen molar-refractivity contribution < 1.29 is 9.59 Å². The summed E-state index contributed by atoms with van der Waals surface area (Å²) in [5.41, 5.74) is 2.70. The number of imide groups is 1. The molecule has 5 nitrogen and oxygen atoms in total.